The highest BCUT2D eigenvalue weighted by Crippen LogP contribution is 2.32. The van der Waals surface area contributed by atoms with Crippen LogP contribution in [0.5, 0.6) is 0 Å². The van der Waals surface area contributed by atoms with Crippen LogP contribution in [0.3, 0.4) is 0 Å². The molecule has 1 fully saturated rings. The van der Waals surface area contributed by atoms with Crippen molar-refractivity contribution in [3.8, 4) is 0 Å². The molecule has 0 radical (unpaired) electrons. The molecule has 2 rings (SSSR count). The van der Waals surface area contributed by atoms with E-state index in [1.54, 1.807) is 12.4 Å². The van der Waals surface area contributed by atoms with Crippen molar-refractivity contribution in [1.82, 2.24) is 9.97 Å². The van der Waals surface area contributed by atoms with Crippen molar-refractivity contribution < 1.29 is 5.11 Å². The Morgan fingerprint density at radius 2 is 1.87 bits per heavy atom. The highest BCUT2D eigenvalue weighted by Gasteiger charge is 2.34. The summed E-state index contributed by atoms with van der Waals surface area (Å²) >= 11 is 3.29. The van der Waals surface area contributed by atoms with E-state index in [-0.39, 0.29) is 6.10 Å². The van der Waals surface area contributed by atoms with Crippen LogP contribution in [0.2, 0.25) is 0 Å². The maximum Gasteiger partial charge on any atom is 0.148 e. The molecule has 0 spiro atoms. The maximum absolute atomic E-state index is 9.43. The molecular weight excluding hydrogens is 258 g/mol. The van der Waals surface area contributed by atoms with Gasteiger partial charge in [0.2, 0.25) is 0 Å². The molecule has 1 aliphatic carbocycles. The average Bonchev–Trinajstić information content (AvgIpc) is 2.24. The highest BCUT2D eigenvalue weighted by molar-refractivity contribution is 9.10. The third-order valence-corrected chi connectivity index (χ3v) is 3.32. The summed E-state index contributed by atoms with van der Waals surface area (Å²) in [5.74, 6) is 0.678. The van der Waals surface area contributed by atoms with Crippen molar-refractivity contribution in [3.63, 3.8) is 0 Å². The third kappa shape index (κ3) is 2.35. The molecule has 0 aliphatic heterocycles. The van der Waals surface area contributed by atoms with Crippen molar-refractivity contribution in [1.29, 1.82) is 0 Å². The van der Waals surface area contributed by atoms with Gasteiger partial charge in [-0.05, 0) is 41.6 Å². The topological polar surface area (TPSA) is 72.0 Å². The Morgan fingerprint density at radius 1 is 1.33 bits per heavy atom. The molecule has 15 heavy (non-hydrogen) atoms. The zero-order valence-electron chi connectivity index (χ0n) is 8.36. The molecule has 0 unspecified atom stereocenters. The molecule has 0 amide bonds. The molecule has 1 saturated carbocycles. The normalized spacial score (nSPS) is 31.5. The number of aliphatic hydroxyl groups is 1. The van der Waals surface area contributed by atoms with Crippen molar-refractivity contribution in [3.05, 3.63) is 22.7 Å². The van der Waals surface area contributed by atoms with E-state index < -0.39 is 5.54 Å². The van der Waals surface area contributed by atoms with Gasteiger partial charge < -0.3 is 10.8 Å². The smallest absolute Gasteiger partial charge is 0.148 e. The molecule has 82 valence electrons. The third-order valence-electron chi connectivity index (χ3n) is 2.91. The molecule has 1 heterocycles. The summed E-state index contributed by atoms with van der Waals surface area (Å²) in [6, 6.07) is 0. The van der Waals surface area contributed by atoms with Crippen molar-refractivity contribution >= 4 is 15.9 Å². The quantitative estimate of drug-likeness (QED) is 0.809. The van der Waals surface area contributed by atoms with E-state index in [0.717, 1.165) is 30.2 Å². The number of hydrogen-bond acceptors (Lipinski definition) is 4. The SMILES string of the molecule is NC1(c2ncc(Br)cn2)CCC(O)CC1. The van der Waals surface area contributed by atoms with Crippen LogP contribution in [0.4, 0.5) is 0 Å². The number of hydrogen-bond donors (Lipinski definition) is 2. The second-order valence-electron chi connectivity index (χ2n) is 4.11. The van der Waals surface area contributed by atoms with Gasteiger partial charge in [0.1, 0.15) is 5.82 Å². The van der Waals surface area contributed by atoms with Crippen LogP contribution in [0, 0.1) is 0 Å². The Balaban J connectivity index is 2.18. The number of nitrogens with two attached hydrogens (primary N) is 1. The van der Waals surface area contributed by atoms with Gasteiger partial charge in [0.05, 0.1) is 16.1 Å². The van der Waals surface area contributed by atoms with E-state index in [2.05, 4.69) is 25.9 Å². The van der Waals surface area contributed by atoms with Crippen molar-refractivity contribution in [2.45, 2.75) is 37.3 Å². The number of halogens is 1. The molecule has 0 bridgehead atoms. The zero-order chi connectivity index (χ0) is 10.9. The van der Waals surface area contributed by atoms with Crippen LogP contribution in [0.25, 0.3) is 0 Å². The molecule has 1 aromatic rings. The van der Waals surface area contributed by atoms with Crippen LogP contribution in [0.1, 0.15) is 31.5 Å². The first-order valence-corrected chi connectivity index (χ1v) is 5.84. The van der Waals surface area contributed by atoms with E-state index in [4.69, 9.17) is 5.73 Å². The highest BCUT2D eigenvalue weighted by atomic mass is 79.9. The van der Waals surface area contributed by atoms with Crippen LogP contribution in [0.15, 0.2) is 16.9 Å². The lowest BCUT2D eigenvalue weighted by molar-refractivity contribution is 0.0941. The largest absolute Gasteiger partial charge is 0.393 e. The number of rotatable bonds is 1. The fourth-order valence-corrected chi connectivity index (χ4v) is 2.12. The Hall–Kier alpha value is -0.520. The first-order valence-electron chi connectivity index (χ1n) is 5.05. The Kier molecular flexibility index (Phi) is 3.04. The maximum atomic E-state index is 9.43. The van der Waals surface area contributed by atoms with Gasteiger partial charge in [0, 0.05) is 12.4 Å². The molecule has 3 N–H and O–H groups in total. The first-order chi connectivity index (χ1) is 7.10. The second kappa shape index (κ2) is 4.15. The number of aromatic nitrogens is 2. The predicted molar refractivity (Wildman–Crippen MR) is 60.1 cm³/mol. The minimum Gasteiger partial charge on any atom is -0.393 e. The van der Waals surface area contributed by atoms with Gasteiger partial charge in [-0.3, -0.25) is 0 Å². The summed E-state index contributed by atoms with van der Waals surface area (Å²) in [6.07, 6.45) is 6.17. The van der Waals surface area contributed by atoms with Gasteiger partial charge in [-0.2, -0.15) is 0 Å². The zero-order valence-corrected chi connectivity index (χ0v) is 9.94. The van der Waals surface area contributed by atoms with E-state index in [9.17, 15) is 5.11 Å². The minimum absolute atomic E-state index is 0.211. The lowest BCUT2D eigenvalue weighted by atomic mass is 9.80. The molecule has 5 heteroatoms. The monoisotopic (exact) mass is 271 g/mol. The van der Waals surface area contributed by atoms with Gasteiger partial charge in [-0.25, -0.2) is 9.97 Å². The van der Waals surface area contributed by atoms with E-state index >= 15 is 0 Å². The summed E-state index contributed by atoms with van der Waals surface area (Å²) in [6.45, 7) is 0. The summed E-state index contributed by atoms with van der Waals surface area (Å²) in [5.41, 5.74) is 5.78. The van der Waals surface area contributed by atoms with Crippen LogP contribution in [-0.2, 0) is 5.54 Å². The van der Waals surface area contributed by atoms with Crippen LogP contribution >= 0.6 is 15.9 Å². The van der Waals surface area contributed by atoms with Gasteiger partial charge in [-0.15, -0.1) is 0 Å². The van der Waals surface area contributed by atoms with Gasteiger partial charge >= 0.3 is 0 Å². The van der Waals surface area contributed by atoms with E-state index in [1.165, 1.54) is 0 Å². The molecule has 4 nitrogen and oxygen atoms in total. The standard InChI is InChI=1S/C10H14BrN3O/c11-7-5-13-9(14-6-7)10(12)3-1-8(15)2-4-10/h5-6,8,15H,1-4,12H2. The fourth-order valence-electron chi connectivity index (χ4n) is 1.91. The lowest BCUT2D eigenvalue weighted by Gasteiger charge is -2.33. The number of nitrogens with zero attached hydrogens (tertiary/aromatic N) is 2. The van der Waals surface area contributed by atoms with Crippen molar-refractivity contribution in [2.24, 2.45) is 5.73 Å². The van der Waals surface area contributed by atoms with E-state index in [0.29, 0.717) is 5.82 Å². The Labute approximate surface area is 97.1 Å². The van der Waals surface area contributed by atoms with E-state index in [1.807, 2.05) is 0 Å². The Bertz CT molecular complexity index is 333. The summed E-state index contributed by atoms with van der Waals surface area (Å²) in [7, 11) is 0. The molecule has 0 aromatic carbocycles. The van der Waals surface area contributed by atoms with Gasteiger partial charge in [0.15, 0.2) is 0 Å². The molecule has 0 atom stereocenters. The lowest BCUT2D eigenvalue weighted by Crippen LogP contribution is -2.43. The van der Waals surface area contributed by atoms with Gasteiger partial charge in [0.25, 0.3) is 0 Å². The summed E-state index contributed by atoms with van der Waals surface area (Å²) < 4.78 is 0.852. The molecule has 1 aromatic heterocycles. The number of aliphatic hydroxyl groups excluding tert-OH is 1. The average molecular weight is 272 g/mol. The second-order valence-corrected chi connectivity index (χ2v) is 5.03. The molecule has 0 saturated heterocycles. The molecule has 1 aliphatic rings. The van der Waals surface area contributed by atoms with Crippen LogP contribution < -0.4 is 5.73 Å². The van der Waals surface area contributed by atoms with Crippen LogP contribution in [-0.4, -0.2) is 21.2 Å². The van der Waals surface area contributed by atoms with Gasteiger partial charge in [-0.1, -0.05) is 0 Å². The summed E-state index contributed by atoms with van der Waals surface area (Å²) in [5, 5.41) is 9.43. The fraction of sp³-hybridized carbons (Fsp3) is 0.600. The first kappa shape index (κ1) is 11.0. The Morgan fingerprint density at radius 3 is 2.40 bits per heavy atom. The van der Waals surface area contributed by atoms with Crippen molar-refractivity contribution in [2.75, 3.05) is 0 Å². The predicted octanol–water partition coefficient (Wildman–Crippen LogP) is 1.33. The minimum atomic E-state index is -0.458. The molecular formula is C10H14BrN3O. The summed E-state index contributed by atoms with van der Waals surface area (Å²) in [4.78, 5) is 8.47.